The van der Waals surface area contributed by atoms with E-state index in [4.69, 9.17) is 10.5 Å². The van der Waals surface area contributed by atoms with Crippen LogP contribution in [-0.2, 0) is 42.1 Å². The van der Waals surface area contributed by atoms with E-state index in [1.165, 1.54) is 21.8 Å². The number of rotatable bonds is 14. The van der Waals surface area contributed by atoms with Crippen LogP contribution in [0, 0.1) is 16.7 Å². The van der Waals surface area contributed by atoms with Crippen LogP contribution in [0.15, 0.2) is 24.3 Å². The normalized spacial score (nSPS) is 22.7. The third-order valence-electron chi connectivity index (χ3n) is 12.2. The highest BCUT2D eigenvalue weighted by Gasteiger charge is 2.49. The molecule has 2 saturated carbocycles. The fourth-order valence-electron chi connectivity index (χ4n) is 8.22. The second-order valence-corrected chi connectivity index (χ2v) is 19.9. The number of likely N-dealkylation sites (tertiary alicyclic amines) is 1. The van der Waals surface area contributed by atoms with Crippen molar-refractivity contribution >= 4 is 39.7 Å². The van der Waals surface area contributed by atoms with Gasteiger partial charge >= 0.3 is 12.1 Å². The topological polar surface area (TPSA) is 201 Å². The molecule has 1 aromatic carbocycles. The Labute approximate surface area is 332 Å². The Balaban J connectivity index is 1.40. The summed E-state index contributed by atoms with van der Waals surface area (Å²) in [5.41, 5.74) is 6.73. The van der Waals surface area contributed by atoms with Crippen molar-refractivity contribution < 1.29 is 37.1 Å². The number of fused-ring (bicyclic) bond motifs is 1. The average Bonchev–Trinajstić information content (AvgIpc) is 3.87. The zero-order valence-electron chi connectivity index (χ0n) is 34.0. The Bertz CT molecular complexity index is 1720. The number of carbonyl (C=O) groups is 5. The van der Waals surface area contributed by atoms with Crippen LogP contribution in [0.4, 0.5) is 9.59 Å². The Morgan fingerprint density at radius 1 is 1.02 bits per heavy atom. The number of urea groups is 1. The molecule has 5 amide bonds. The van der Waals surface area contributed by atoms with Crippen LogP contribution in [0.1, 0.15) is 96.6 Å². The largest absolute Gasteiger partial charge is 0.444 e. The molecule has 15 nitrogen and oxygen atoms in total. The summed E-state index contributed by atoms with van der Waals surface area (Å²) >= 11 is 0. The third-order valence-corrected chi connectivity index (χ3v) is 13.5. The van der Waals surface area contributed by atoms with Crippen molar-refractivity contribution in [2.24, 2.45) is 22.5 Å². The molecule has 0 spiro atoms. The summed E-state index contributed by atoms with van der Waals surface area (Å²) in [6, 6.07) is 3.72. The lowest BCUT2D eigenvalue weighted by Crippen LogP contribution is -2.63. The van der Waals surface area contributed by atoms with Crippen molar-refractivity contribution in [3.63, 3.8) is 0 Å². The fourth-order valence-corrected chi connectivity index (χ4v) is 8.64. The van der Waals surface area contributed by atoms with E-state index in [9.17, 15) is 27.6 Å². The van der Waals surface area contributed by atoms with Gasteiger partial charge in [-0.05, 0) is 53.6 Å². The Hall–Kier alpha value is -3.76. The maximum Gasteiger partial charge on any atom is 0.410 e. The van der Waals surface area contributed by atoms with Crippen LogP contribution in [-0.4, -0.2) is 122 Å². The zero-order chi connectivity index (χ0) is 41.0. The molecule has 5 N–H and O–H groups in total. The van der Waals surface area contributed by atoms with Gasteiger partial charge in [0.25, 0.3) is 0 Å². The van der Waals surface area contributed by atoms with E-state index in [-0.39, 0.29) is 31.8 Å². The maximum absolute atomic E-state index is 15.0. The monoisotopic (exact) mass is 801 g/mol. The Kier molecular flexibility index (Phi) is 13.8. The molecule has 1 unspecified atom stereocenters. The number of nitrogens with one attached hydrogen (secondary N) is 3. The molecular formula is C40H63N7O8S. The quantitative estimate of drug-likeness (QED) is 0.218. The minimum Gasteiger partial charge on any atom is -0.444 e. The predicted octanol–water partition coefficient (Wildman–Crippen LogP) is 2.91. The van der Waals surface area contributed by atoms with Crippen LogP contribution in [0.25, 0.3) is 0 Å². The van der Waals surface area contributed by atoms with Gasteiger partial charge in [0.1, 0.15) is 18.2 Å². The number of hydrogen-bond donors (Lipinski definition) is 4. The van der Waals surface area contributed by atoms with Crippen molar-refractivity contribution in [1.29, 1.82) is 0 Å². The number of likely N-dealkylation sites (N-methyl/N-ethyl adjacent to an activating group) is 1. The van der Waals surface area contributed by atoms with Gasteiger partial charge in [-0.25, -0.2) is 22.3 Å². The maximum atomic E-state index is 15.0. The molecule has 2 aliphatic carbocycles. The van der Waals surface area contributed by atoms with Crippen LogP contribution < -0.4 is 21.7 Å². The molecule has 3 fully saturated rings. The summed E-state index contributed by atoms with van der Waals surface area (Å²) in [6.45, 7) is 8.19. The molecule has 0 radical (unpaired) electrons. The van der Waals surface area contributed by atoms with Crippen molar-refractivity contribution in [1.82, 2.24) is 30.1 Å². The smallest absolute Gasteiger partial charge is 0.410 e. The molecule has 1 saturated heterocycles. The molecule has 312 valence electrons. The lowest BCUT2D eigenvalue weighted by atomic mass is 9.70. The molecule has 0 aromatic heterocycles. The predicted molar refractivity (Wildman–Crippen MR) is 212 cm³/mol. The zero-order valence-corrected chi connectivity index (χ0v) is 34.8. The van der Waals surface area contributed by atoms with Crippen molar-refractivity contribution in [3.8, 4) is 0 Å². The first-order valence-corrected chi connectivity index (χ1v) is 22.0. The summed E-state index contributed by atoms with van der Waals surface area (Å²) in [5, 5.41) is 8.80. The first kappa shape index (κ1) is 43.4. The fraction of sp³-hybridized carbons (Fsp3) is 0.725. The number of benzene rings is 1. The van der Waals surface area contributed by atoms with Gasteiger partial charge in [0.2, 0.25) is 21.8 Å². The summed E-state index contributed by atoms with van der Waals surface area (Å²) in [6.07, 6.45) is 6.80. The molecule has 5 atom stereocenters. The van der Waals surface area contributed by atoms with Crippen LogP contribution in [0.2, 0.25) is 0 Å². The van der Waals surface area contributed by atoms with Gasteiger partial charge in [0.15, 0.2) is 5.78 Å². The van der Waals surface area contributed by atoms with Gasteiger partial charge in [0, 0.05) is 39.1 Å². The number of hydrogen-bond acceptors (Lipinski definition) is 9. The van der Waals surface area contributed by atoms with E-state index in [1.54, 1.807) is 4.90 Å². The highest BCUT2D eigenvalue weighted by Crippen LogP contribution is 2.41. The SMILES string of the molecule is CN(C[C@@H](NC(=O)N[C@H](C(=O)N1C[C@H](OC(=O)N2CCc3ccccc3C2)C[C@H]1C(=O)NC(CC1CC1)C(=O)CN)C1(C)CCCCC1)C(C)(C)C)S(C)(=O)=O. The average molecular weight is 802 g/mol. The molecule has 16 heteroatoms. The van der Waals surface area contributed by atoms with E-state index in [0.717, 1.165) is 43.9 Å². The van der Waals surface area contributed by atoms with Gasteiger partial charge in [0.05, 0.1) is 25.4 Å². The highest BCUT2D eigenvalue weighted by molar-refractivity contribution is 7.88. The van der Waals surface area contributed by atoms with Gasteiger partial charge in [-0.1, -0.05) is 84.1 Å². The van der Waals surface area contributed by atoms with E-state index < -0.39 is 75.1 Å². The molecule has 1 aromatic rings. The standard InChI is InChI=1S/C40H63N7O8S/c1-39(2,3)33(25-45(5)56(6,53)54)43-37(51)44-34(40(4)17-10-7-11-18-40)36(50)47-24-29(55-38(52)46-19-16-27-12-8-9-13-28(27)23-46)21-31(47)35(49)42-30(32(48)22-41)20-26-14-15-26/h8-9,12-13,26,29-31,33-34H,7,10-11,14-25,41H2,1-6H3,(H,42,49)(H2,43,44,51)/t29-,30?,31+,33-,34-/m1/s1. The minimum atomic E-state index is -3.54. The Morgan fingerprint density at radius 2 is 1.68 bits per heavy atom. The number of sulfonamides is 1. The van der Waals surface area contributed by atoms with E-state index >= 15 is 4.79 Å². The molecule has 56 heavy (non-hydrogen) atoms. The number of ketones is 1. The Morgan fingerprint density at radius 3 is 2.29 bits per heavy atom. The van der Waals surface area contributed by atoms with Crippen molar-refractivity contribution in [2.75, 3.05) is 39.5 Å². The molecule has 5 rings (SSSR count). The number of carbonyl (C=O) groups excluding carboxylic acids is 5. The number of Topliss-reactive ketones (excluding diaryl/α,β-unsaturated/α-hetero) is 1. The third kappa shape index (κ3) is 11.0. The first-order valence-electron chi connectivity index (χ1n) is 20.1. The van der Waals surface area contributed by atoms with E-state index in [0.29, 0.717) is 44.7 Å². The molecular weight excluding hydrogens is 739 g/mol. The molecule has 4 aliphatic rings. The van der Waals surface area contributed by atoms with Crippen molar-refractivity contribution in [3.05, 3.63) is 35.4 Å². The first-order chi connectivity index (χ1) is 26.3. The summed E-state index contributed by atoms with van der Waals surface area (Å²) in [5.74, 6) is -1.01. The van der Waals surface area contributed by atoms with Crippen LogP contribution in [0.3, 0.4) is 0 Å². The highest BCUT2D eigenvalue weighted by atomic mass is 32.2. The number of nitrogens with zero attached hydrogens (tertiary/aromatic N) is 3. The lowest BCUT2D eigenvalue weighted by Gasteiger charge is -2.43. The second kappa shape index (κ2) is 17.8. The summed E-state index contributed by atoms with van der Waals surface area (Å²) in [4.78, 5) is 72.6. The van der Waals surface area contributed by atoms with E-state index in [2.05, 4.69) is 16.0 Å². The van der Waals surface area contributed by atoms with Crippen LogP contribution in [0.5, 0.6) is 0 Å². The summed E-state index contributed by atoms with van der Waals surface area (Å²) < 4.78 is 31.8. The number of nitrogens with two attached hydrogens (primary N) is 1. The van der Waals surface area contributed by atoms with Crippen molar-refractivity contribution in [2.45, 2.75) is 129 Å². The minimum absolute atomic E-state index is 0.0131. The number of ether oxygens (including phenoxy) is 1. The van der Waals surface area contributed by atoms with E-state index in [1.807, 2.05) is 52.0 Å². The molecule has 2 aliphatic heterocycles. The second-order valence-electron chi connectivity index (χ2n) is 17.8. The van der Waals surface area contributed by atoms with Crippen LogP contribution >= 0.6 is 0 Å². The lowest BCUT2D eigenvalue weighted by molar-refractivity contribution is -0.143. The molecule has 0 bridgehead atoms. The van der Waals surface area contributed by atoms with Gasteiger partial charge in [-0.15, -0.1) is 0 Å². The molecule has 2 heterocycles. The van der Waals surface area contributed by atoms with Gasteiger partial charge < -0.3 is 36.2 Å². The van der Waals surface area contributed by atoms with Gasteiger partial charge in [-0.2, -0.15) is 0 Å². The number of amides is 5. The van der Waals surface area contributed by atoms with Gasteiger partial charge in [-0.3, -0.25) is 14.4 Å². The summed E-state index contributed by atoms with van der Waals surface area (Å²) in [7, 11) is -2.09.